The molecule has 0 atom stereocenters. The van der Waals surface area contributed by atoms with Gasteiger partial charge in [-0.05, 0) is 12.8 Å². The van der Waals surface area contributed by atoms with E-state index in [-0.39, 0.29) is 0 Å². The topological polar surface area (TPSA) is 79.5 Å². The SMILES string of the molecule is CC.CCNNS.NOCCCCCCO. The zero-order valence-electron chi connectivity index (χ0n) is 10.8. The van der Waals surface area contributed by atoms with Gasteiger partial charge in [-0.25, -0.2) is 16.2 Å². The van der Waals surface area contributed by atoms with Crippen molar-refractivity contribution in [2.24, 2.45) is 5.90 Å². The maximum atomic E-state index is 8.37. The highest BCUT2D eigenvalue weighted by Crippen LogP contribution is 1.97. The van der Waals surface area contributed by atoms with Crippen LogP contribution in [0.5, 0.6) is 0 Å². The lowest BCUT2D eigenvalue weighted by Gasteiger charge is -1.96. The molecule has 0 aromatic heterocycles. The van der Waals surface area contributed by atoms with E-state index in [4.69, 9.17) is 11.0 Å². The number of nitrogens with one attached hydrogen (secondary N) is 2. The Bertz CT molecular complexity index is 82.5. The van der Waals surface area contributed by atoms with E-state index in [9.17, 15) is 0 Å². The summed E-state index contributed by atoms with van der Waals surface area (Å²) in [5.74, 6) is 4.79. The van der Waals surface area contributed by atoms with Gasteiger partial charge in [-0.2, -0.15) is 0 Å². The minimum absolute atomic E-state index is 0.295. The number of unbranched alkanes of at least 4 members (excludes halogenated alkanes) is 3. The second-order valence-corrected chi connectivity index (χ2v) is 2.87. The average molecular weight is 255 g/mol. The van der Waals surface area contributed by atoms with Gasteiger partial charge in [0, 0.05) is 13.2 Å². The molecule has 0 rings (SSSR count). The maximum absolute atomic E-state index is 8.37. The lowest BCUT2D eigenvalue weighted by Crippen LogP contribution is -2.21. The smallest absolute Gasteiger partial charge is 0.0679 e. The van der Waals surface area contributed by atoms with Crippen LogP contribution in [0.4, 0.5) is 0 Å². The molecule has 6 heteroatoms. The lowest BCUT2D eigenvalue weighted by molar-refractivity contribution is 0.133. The van der Waals surface area contributed by atoms with E-state index in [2.05, 4.69) is 27.9 Å². The number of aliphatic hydroxyl groups excluding tert-OH is 1. The van der Waals surface area contributed by atoms with Crippen molar-refractivity contribution in [2.45, 2.75) is 46.5 Å². The Hall–Kier alpha value is 0.150. The third kappa shape index (κ3) is 36.8. The standard InChI is InChI=1S/C6H15NO2.C2H8N2S.C2H6/c7-9-6-4-2-1-3-5-8;1-2-3-4-5;1-2/h8H,1-7H2;3-5H,2H2,1H3;1-2H3. The van der Waals surface area contributed by atoms with Gasteiger partial charge in [0.2, 0.25) is 0 Å². The largest absolute Gasteiger partial charge is 0.396 e. The summed E-state index contributed by atoms with van der Waals surface area (Å²) in [6.45, 7) is 7.82. The summed E-state index contributed by atoms with van der Waals surface area (Å²) >= 11 is 3.64. The van der Waals surface area contributed by atoms with Gasteiger partial charge in [-0.3, -0.25) is 0 Å². The van der Waals surface area contributed by atoms with Gasteiger partial charge >= 0.3 is 0 Å². The summed E-state index contributed by atoms with van der Waals surface area (Å²) in [5, 5.41) is 8.37. The van der Waals surface area contributed by atoms with Crippen LogP contribution in [0.15, 0.2) is 0 Å². The van der Waals surface area contributed by atoms with Crippen LogP contribution in [-0.4, -0.2) is 24.9 Å². The monoisotopic (exact) mass is 255 g/mol. The molecule has 0 unspecified atom stereocenters. The third-order valence-electron chi connectivity index (χ3n) is 1.43. The fourth-order valence-electron chi connectivity index (χ4n) is 0.730. The van der Waals surface area contributed by atoms with Crippen molar-refractivity contribution >= 4 is 12.8 Å². The normalized spacial score (nSPS) is 8.62. The summed E-state index contributed by atoms with van der Waals surface area (Å²) in [6, 6.07) is 0. The Kier molecular flexibility index (Phi) is 39.4. The second-order valence-electron chi connectivity index (χ2n) is 2.65. The van der Waals surface area contributed by atoms with Crippen LogP contribution in [0.3, 0.4) is 0 Å². The molecule has 5 N–H and O–H groups in total. The van der Waals surface area contributed by atoms with Crippen molar-refractivity contribution in [3.05, 3.63) is 0 Å². The molecule has 0 aromatic rings. The number of rotatable bonds is 8. The van der Waals surface area contributed by atoms with Crippen LogP contribution in [0.2, 0.25) is 0 Å². The van der Waals surface area contributed by atoms with Gasteiger partial charge in [0.25, 0.3) is 0 Å². The summed E-state index contributed by atoms with van der Waals surface area (Å²) < 4.78 is 0. The molecular formula is C10H29N3O2S. The first-order valence-electron chi connectivity index (χ1n) is 5.87. The van der Waals surface area contributed by atoms with Gasteiger partial charge in [-0.1, -0.05) is 46.4 Å². The fraction of sp³-hybridized carbons (Fsp3) is 1.00. The number of hydrazine groups is 1. The molecule has 5 nitrogen and oxygen atoms in total. The Morgan fingerprint density at radius 3 is 2.06 bits per heavy atom. The van der Waals surface area contributed by atoms with Crippen LogP contribution in [-0.2, 0) is 4.84 Å². The molecule has 0 saturated carbocycles. The van der Waals surface area contributed by atoms with E-state index in [0.717, 1.165) is 32.2 Å². The van der Waals surface area contributed by atoms with E-state index in [0.29, 0.717) is 13.2 Å². The first-order chi connectivity index (χ1) is 7.83. The summed E-state index contributed by atoms with van der Waals surface area (Å²) in [6.07, 6.45) is 4.05. The van der Waals surface area contributed by atoms with Crippen LogP contribution < -0.4 is 16.2 Å². The van der Waals surface area contributed by atoms with Crippen molar-refractivity contribution in [2.75, 3.05) is 19.8 Å². The second kappa shape index (κ2) is 29.4. The van der Waals surface area contributed by atoms with Gasteiger partial charge in [0.1, 0.15) is 0 Å². The molecule has 0 saturated heterocycles. The maximum Gasteiger partial charge on any atom is 0.0679 e. The van der Waals surface area contributed by atoms with Gasteiger partial charge in [0.15, 0.2) is 0 Å². The Morgan fingerprint density at radius 2 is 1.75 bits per heavy atom. The van der Waals surface area contributed by atoms with E-state index in [1.54, 1.807) is 0 Å². The Morgan fingerprint density at radius 1 is 1.19 bits per heavy atom. The highest BCUT2D eigenvalue weighted by molar-refractivity contribution is 7.78. The van der Waals surface area contributed by atoms with Crippen LogP contribution in [0.1, 0.15) is 46.5 Å². The van der Waals surface area contributed by atoms with E-state index in [1.165, 1.54) is 0 Å². The van der Waals surface area contributed by atoms with Crippen molar-refractivity contribution in [1.82, 2.24) is 10.3 Å². The predicted octanol–water partition coefficient (Wildman–Crippen LogP) is 1.40. The molecule has 0 heterocycles. The minimum atomic E-state index is 0.295. The quantitative estimate of drug-likeness (QED) is 0.257. The van der Waals surface area contributed by atoms with Crippen molar-refractivity contribution in [3.63, 3.8) is 0 Å². The van der Waals surface area contributed by atoms with Crippen molar-refractivity contribution in [1.29, 1.82) is 0 Å². The summed E-state index contributed by atoms with van der Waals surface area (Å²) in [5.41, 5.74) is 2.73. The zero-order valence-corrected chi connectivity index (χ0v) is 11.7. The van der Waals surface area contributed by atoms with Gasteiger partial charge < -0.3 is 9.94 Å². The molecule has 0 bridgehead atoms. The van der Waals surface area contributed by atoms with Crippen molar-refractivity contribution in [3.8, 4) is 0 Å². The van der Waals surface area contributed by atoms with E-state index < -0.39 is 0 Å². The summed E-state index contributed by atoms with van der Waals surface area (Å²) in [7, 11) is 0. The number of nitrogens with two attached hydrogens (primary N) is 1. The molecule has 0 spiro atoms. The first-order valence-corrected chi connectivity index (χ1v) is 6.32. The molecule has 0 amide bonds. The van der Waals surface area contributed by atoms with Crippen LogP contribution in [0.25, 0.3) is 0 Å². The molecule has 102 valence electrons. The molecular weight excluding hydrogens is 226 g/mol. The molecule has 0 radical (unpaired) electrons. The number of aliphatic hydroxyl groups is 1. The Labute approximate surface area is 106 Å². The first kappa shape index (κ1) is 21.4. The molecule has 0 aliphatic carbocycles. The highest BCUT2D eigenvalue weighted by Gasteiger charge is 1.86. The minimum Gasteiger partial charge on any atom is -0.396 e. The fourth-order valence-corrected chi connectivity index (χ4v) is 0.888. The number of thiol groups is 1. The van der Waals surface area contributed by atoms with Crippen molar-refractivity contribution < 1.29 is 9.94 Å². The third-order valence-corrected chi connectivity index (χ3v) is 1.58. The number of hydrogen-bond donors (Lipinski definition) is 5. The average Bonchev–Trinajstić information content (AvgIpc) is 2.33. The molecule has 0 aliphatic heterocycles. The van der Waals surface area contributed by atoms with Gasteiger partial charge in [-0.15, -0.1) is 0 Å². The molecule has 0 fully saturated rings. The summed E-state index contributed by atoms with van der Waals surface area (Å²) in [4.78, 5) is 6.82. The lowest BCUT2D eigenvalue weighted by atomic mass is 10.2. The van der Waals surface area contributed by atoms with Gasteiger partial charge in [0.05, 0.1) is 6.61 Å². The highest BCUT2D eigenvalue weighted by atomic mass is 32.1. The number of hydrogen-bond acceptors (Lipinski definition) is 6. The van der Waals surface area contributed by atoms with E-state index in [1.807, 2.05) is 20.8 Å². The Balaban J connectivity index is -0.000000205. The molecule has 16 heavy (non-hydrogen) atoms. The molecule has 0 aromatic carbocycles. The van der Waals surface area contributed by atoms with Crippen LogP contribution in [0, 0.1) is 0 Å². The zero-order chi connectivity index (χ0) is 13.1. The predicted molar refractivity (Wildman–Crippen MR) is 72.8 cm³/mol. The van der Waals surface area contributed by atoms with Crippen LogP contribution >= 0.6 is 12.8 Å². The molecule has 0 aliphatic rings. The van der Waals surface area contributed by atoms with E-state index >= 15 is 0 Å².